The van der Waals surface area contributed by atoms with Gasteiger partial charge in [0, 0.05) is 23.6 Å². The largest absolute Gasteiger partial charge is 0.487 e. The van der Waals surface area contributed by atoms with Crippen molar-refractivity contribution in [1.29, 1.82) is 0 Å². The molecule has 0 unspecified atom stereocenters. The third-order valence-corrected chi connectivity index (χ3v) is 5.58. The molecule has 33 heavy (non-hydrogen) atoms. The van der Waals surface area contributed by atoms with Crippen molar-refractivity contribution in [3.8, 4) is 22.6 Å². The second-order valence-electron chi connectivity index (χ2n) is 7.85. The molecule has 0 saturated heterocycles. The highest BCUT2D eigenvalue weighted by Crippen LogP contribution is 2.34. The van der Waals surface area contributed by atoms with Crippen molar-refractivity contribution >= 4 is 16.3 Å². The number of benzene rings is 2. The molecular weight excluding hydrogens is 418 g/mol. The van der Waals surface area contributed by atoms with E-state index in [9.17, 15) is 0 Å². The zero-order chi connectivity index (χ0) is 22.3. The van der Waals surface area contributed by atoms with Gasteiger partial charge in [-0.15, -0.1) is 0 Å². The van der Waals surface area contributed by atoms with Crippen molar-refractivity contribution in [2.24, 2.45) is 0 Å². The summed E-state index contributed by atoms with van der Waals surface area (Å²) in [5.74, 6) is 1.41. The number of rotatable bonds is 1. The van der Waals surface area contributed by atoms with Crippen LogP contribution in [0.15, 0.2) is 73.1 Å². The summed E-state index contributed by atoms with van der Waals surface area (Å²) in [5.41, 5.74) is 3.36. The molecule has 6 nitrogen and oxygen atoms in total. The zero-order valence-corrected chi connectivity index (χ0v) is 18.6. The van der Waals surface area contributed by atoms with Gasteiger partial charge in [-0.2, -0.15) is 4.40 Å². The highest BCUT2D eigenvalue weighted by atomic mass is 16.6. The molecule has 0 saturated carbocycles. The molecule has 2 aromatic carbocycles. The first-order valence-electron chi connectivity index (χ1n) is 11.3. The van der Waals surface area contributed by atoms with Crippen LogP contribution in [0.4, 0.5) is 0 Å². The average molecular weight is 447 g/mol. The number of nitrogens with zero attached hydrogens (tertiary/aromatic N) is 1. The van der Waals surface area contributed by atoms with Crippen LogP contribution in [0.5, 0.6) is 11.5 Å². The molecule has 0 spiro atoms. The van der Waals surface area contributed by atoms with Gasteiger partial charge in [0.15, 0.2) is 23.9 Å². The highest BCUT2D eigenvalue weighted by molar-refractivity contribution is 5.88. The second-order valence-corrected chi connectivity index (χ2v) is 7.85. The van der Waals surface area contributed by atoms with Crippen LogP contribution in [-0.4, -0.2) is 52.9 Å². The summed E-state index contributed by atoms with van der Waals surface area (Å²) in [5, 5.41) is 2.39. The Morgan fingerprint density at radius 3 is 2.00 bits per heavy atom. The molecule has 0 amide bonds. The molecule has 0 atom stereocenters. The lowest BCUT2D eigenvalue weighted by Crippen LogP contribution is -2.19. The summed E-state index contributed by atoms with van der Waals surface area (Å²) in [4.78, 5) is 0. The molecule has 0 N–H and O–H groups in total. The molecule has 0 radical (unpaired) electrons. The SMILES string of the molecule is c1cc[n+]2cc3ccc(-c4ccc5c(c4)OCCOCCOCCOCCO5)cc3cc2c1. The lowest BCUT2D eigenvalue weighted by molar-refractivity contribution is -0.510. The van der Waals surface area contributed by atoms with Gasteiger partial charge in [0.2, 0.25) is 5.52 Å². The Morgan fingerprint density at radius 1 is 0.545 bits per heavy atom. The molecule has 0 fully saturated rings. The number of ether oxygens (including phenoxy) is 5. The number of pyridine rings is 2. The molecule has 0 aliphatic carbocycles. The molecule has 6 heteroatoms. The Hall–Kier alpha value is -3.19. The van der Waals surface area contributed by atoms with Crippen molar-refractivity contribution in [3.05, 3.63) is 73.1 Å². The van der Waals surface area contributed by atoms with Gasteiger partial charge in [-0.1, -0.05) is 12.1 Å². The standard InChI is InChI=1S/C27H28NO5/c1-2-8-28-20-23-5-4-21(17-24(23)18-25(28)3-1)22-6-7-26-27(19-22)33-16-14-31-12-10-29-9-11-30-13-15-32-26/h1-8,17-20H,9-16H2/q+1. The predicted octanol–water partition coefficient (Wildman–Crippen LogP) is 4.07. The summed E-state index contributed by atoms with van der Waals surface area (Å²) < 4.78 is 30.7. The monoisotopic (exact) mass is 446 g/mol. The Balaban J connectivity index is 1.41. The van der Waals surface area contributed by atoms with E-state index in [1.165, 1.54) is 10.8 Å². The Kier molecular flexibility index (Phi) is 6.96. The normalized spacial score (nSPS) is 16.2. The fourth-order valence-electron chi connectivity index (χ4n) is 3.90. The van der Waals surface area contributed by atoms with Crippen LogP contribution in [0, 0.1) is 0 Å². The van der Waals surface area contributed by atoms with Gasteiger partial charge in [-0.25, -0.2) is 0 Å². The number of hydrogen-bond acceptors (Lipinski definition) is 5. The summed E-state index contributed by atoms with van der Waals surface area (Å²) in [7, 11) is 0. The quantitative estimate of drug-likeness (QED) is 0.326. The van der Waals surface area contributed by atoms with Crippen molar-refractivity contribution in [2.75, 3.05) is 52.9 Å². The molecular formula is C27H28NO5+. The first-order valence-corrected chi connectivity index (χ1v) is 11.3. The van der Waals surface area contributed by atoms with E-state index in [0.717, 1.165) is 16.6 Å². The van der Waals surface area contributed by atoms with Crippen molar-refractivity contribution in [1.82, 2.24) is 0 Å². The van der Waals surface area contributed by atoms with Gasteiger partial charge in [-0.05, 0) is 46.8 Å². The summed E-state index contributed by atoms with van der Waals surface area (Å²) in [6.07, 6.45) is 4.22. The van der Waals surface area contributed by atoms with Gasteiger partial charge < -0.3 is 23.7 Å². The number of hydrogen-bond donors (Lipinski definition) is 0. The first kappa shape index (κ1) is 21.6. The average Bonchev–Trinajstić information content (AvgIpc) is 2.86. The van der Waals surface area contributed by atoms with Crippen molar-refractivity contribution < 1.29 is 28.1 Å². The van der Waals surface area contributed by atoms with E-state index >= 15 is 0 Å². The molecule has 5 rings (SSSR count). The zero-order valence-electron chi connectivity index (χ0n) is 18.6. The lowest BCUT2D eigenvalue weighted by Gasteiger charge is -2.15. The molecule has 1 aliphatic heterocycles. The van der Waals surface area contributed by atoms with Gasteiger partial charge >= 0.3 is 0 Å². The third kappa shape index (κ3) is 5.42. The van der Waals surface area contributed by atoms with Crippen molar-refractivity contribution in [2.45, 2.75) is 0 Å². The maximum absolute atomic E-state index is 6.04. The van der Waals surface area contributed by atoms with Crippen LogP contribution in [0.25, 0.3) is 27.4 Å². The smallest absolute Gasteiger partial charge is 0.211 e. The van der Waals surface area contributed by atoms with Crippen molar-refractivity contribution in [3.63, 3.8) is 0 Å². The minimum absolute atomic E-state index is 0.442. The Bertz CT molecular complexity index is 1230. The molecule has 1 aliphatic rings. The van der Waals surface area contributed by atoms with Gasteiger partial charge in [0.05, 0.1) is 39.6 Å². The fourth-order valence-corrected chi connectivity index (χ4v) is 3.90. The Morgan fingerprint density at radius 2 is 1.21 bits per heavy atom. The van der Waals surface area contributed by atoms with E-state index in [-0.39, 0.29) is 0 Å². The van der Waals surface area contributed by atoms with Crippen LogP contribution < -0.4 is 13.9 Å². The van der Waals surface area contributed by atoms with E-state index in [4.69, 9.17) is 23.7 Å². The maximum Gasteiger partial charge on any atom is 0.211 e. The minimum Gasteiger partial charge on any atom is -0.487 e. The summed E-state index contributed by atoms with van der Waals surface area (Å²) in [6, 6.07) is 21.0. The maximum atomic E-state index is 6.04. The first-order chi connectivity index (χ1) is 16.4. The number of aromatic nitrogens is 1. The summed E-state index contributed by atoms with van der Waals surface area (Å²) in [6.45, 7) is 4.07. The van der Waals surface area contributed by atoms with Crippen LogP contribution in [-0.2, 0) is 14.2 Å². The third-order valence-electron chi connectivity index (χ3n) is 5.58. The van der Waals surface area contributed by atoms with E-state index in [0.29, 0.717) is 64.4 Å². The molecule has 3 heterocycles. The van der Waals surface area contributed by atoms with E-state index in [2.05, 4.69) is 59.3 Å². The van der Waals surface area contributed by atoms with Gasteiger partial charge in [-0.3, -0.25) is 0 Å². The molecule has 4 aromatic rings. The second kappa shape index (κ2) is 10.6. The van der Waals surface area contributed by atoms with Crippen LogP contribution in [0.3, 0.4) is 0 Å². The molecule has 170 valence electrons. The highest BCUT2D eigenvalue weighted by Gasteiger charge is 2.11. The van der Waals surface area contributed by atoms with E-state index < -0.39 is 0 Å². The van der Waals surface area contributed by atoms with Gasteiger partial charge in [0.1, 0.15) is 13.2 Å². The topological polar surface area (TPSA) is 50.2 Å². The van der Waals surface area contributed by atoms with Crippen LogP contribution >= 0.6 is 0 Å². The van der Waals surface area contributed by atoms with Crippen LogP contribution in [0.2, 0.25) is 0 Å². The fraction of sp³-hybridized carbons (Fsp3) is 0.296. The van der Waals surface area contributed by atoms with Crippen LogP contribution in [0.1, 0.15) is 0 Å². The summed E-state index contributed by atoms with van der Waals surface area (Å²) >= 11 is 0. The minimum atomic E-state index is 0.442. The van der Waals surface area contributed by atoms with E-state index in [1.54, 1.807) is 0 Å². The van der Waals surface area contributed by atoms with E-state index in [1.807, 2.05) is 18.2 Å². The molecule has 2 aromatic heterocycles. The number of fused-ring (bicyclic) bond motifs is 3. The predicted molar refractivity (Wildman–Crippen MR) is 126 cm³/mol. The Labute approximate surface area is 193 Å². The molecule has 0 bridgehead atoms. The lowest BCUT2D eigenvalue weighted by atomic mass is 10.0. The van der Waals surface area contributed by atoms with Gasteiger partial charge in [0.25, 0.3) is 0 Å².